The predicted octanol–water partition coefficient (Wildman–Crippen LogP) is 8.06. The van der Waals surface area contributed by atoms with Crippen LogP contribution in [0.2, 0.25) is 15.1 Å². The van der Waals surface area contributed by atoms with Crippen molar-refractivity contribution in [2.75, 3.05) is 5.32 Å². The van der Waals surface area contributed by atoms with Crippen LogP contribution in [0.4, 0.5) is 5.69 Å². The molecule has 0 aromatic heterocycles. The summed E-state index contributed by atoms with van der Waals surface area (Å²) in [6.07, 6.45) is 4.12. The van der Waals surface area contributed by atoms with Gasteiger partial charge in [0, 0.05) is 10.7 Å². The van der Waals surface area contributed by atoms with E-state index in [9.17, 15) is 4.79 Å². The Balaban J connectivity index is 1.55. The number of halogens is 3. The minimum atomic E-state index is -0.393. The summed E-state index contributed by atoms with van der Waals surface area (Å²) in [4.78, 5) is 12.5. The summed E-state index contributed by atoms with van der Waals surface area (Å²) in [5, 5.41) is 7.47. The zero-order valence-corrected chi connectivity index (χ0v) is 21.8. The molecule has 2 N–H and O–H groups in total. The van der Waals surface area contributed by atoms with Gasteiger partial charge in [0.1, 0.15) is 11.5 Å². The van der Waals surface area contributed by atoms with Gasteiger partial charge in [0.2, 0.25) is 0 Å². The van der Waals surface area contributed by atoms with Gasteiger partial charge in [-0.05, 0) is 104 Å². The Labute approximate surface area is 219 Å². The van der Waals surface area contributed by atoms with E-state index in [1.54, 1.807) is 24.3 Å². The van der Waals surface area contributed by atoms with E-state index in [2.05, 4.69) is 10.6 Å². The first-order valence-electron chi connectivity index (χ1n) is 10.9. The normalized spacial score (nSPS) is 12.6. The number of anilines is 1. The fourth-order valence-electron chi connectivity index (χ4n) is 4.07. The van der Waals surface area contributed by atoms with Gasteiger partial charge in [-0.3, -0.25) is 10.1 Å². The Kier molecular flexibility index (Phi) is 7.68. The number of rotatable bonds is 4. The van der Waals surface area contributed by atoms with E-state index in [1.807, 2.05) is 32.0 Å². The molecule has 0 bridgehead atoms. The number of benzene rings is 3. The third kappa shape index (κ3) is 5.18. The Hall–Kier alpha value is -2.31. The van der Waals surface area contributed by atoms with E-state index >= 15 is 0 Å². The molecule has 0 radical (unpaired) electrons. The number of ether oxygens (including phenoxy) is 1. The Morgan fingerprint density at radius 1 is 0.971 bits per heavy atom. The molecule has 4 rings (SSSR count). The maximum Gasteiger partial charge on any atom is 0.258 e. The highest BCUT2D eigenvalue weighted by Crippen LogP contribution is 2.42. The minimum absolute atomic E-state index is 0.143. The lowest BCUT2D eigenvalue weighted by atomic mass is 9.91. The molecule has 4 nitrogen and oxygen atoms in total. The van der Waals surface area contributed by atoms with Gasteiger partial charge in [0.25, 0.3) is 5.91 Å². The number of amides is 1. The third-order valence-electron chi connectivity index (χ3n) is 5.89. The smallest absolute Gasteiger partial charge is 0.258 e. The summed E-state index contributed by atoms with van der Waals surface area (Å²) < 4.78 is 6.33. The van der Waals surface area contributed by atoms with E-state index < -0.39 is 5.91 Å². The largest absolute Gasteiger partial charge is 0.455 e. The summed E-state index contributed by atoms with van der Waals surface area (Å²) in [6, 6.07) is 12.5. The lowest BCUT2D eigenvalue weighted by molar-refractivity contribution is 0.0978. The van der Waals surface area contributed by atoms with Crippen molar-refractivity contribution >= 4 is 63.7 Å². The molecule has 1 aliphatic rings. The van der Waals surface area contributed by atoms with Gasteiger partial charge in [-0.2, -0.15) is 0 Å². The highest BCUT2D eigenvalue weighted by Gasteiger charge is 2.21. The Morgan fingerprint density at radius 3 is 2.41 bits per heavy atom. The first-order valence-corrected chi connectivity index (χ1v) is 12.4. The number of aryl methyl sites for hydroxylation is 1. The van der Waals surface area contributed by atoms with Crippen LogP contribution < -0.4 is 15.4 Å². The van der Waals surface area contributed by atoms with Crippen LogP contribution in [0.1, 0.15) is 45.5 Å². The van der Waals surface area contributed by atoms with E-state index in [1.165, 1.54) is 0 Å². The molecule has 3 aromatic rings. The molecule has 0 atom stereocenters. The molecule has 34 heavy (non-hydrogen) atoms. The number of fused-ring (bicyclic) bond motifs is 1. The molecule has 0 unspecified atom stereocenters. The van der Waals surface area contributed by atoms with Crippen LogP contribution in [0.15, 0.2) is 42.5 Å². The predicted molar refractivity (Wildman–Crippen MR) is 144 cm³/mol. The number of nitrogens with one attached hydrogen (secondary N) is 2. The summed E-state index contributed by atoms with van der Waals surface area (Å²) in [6.45, 7) is 3.78. The van der Waals surface area contributed by atoms with Crippen molar-refractivity contribution in [3.63, 3.8) is 0 Å². The number of hydrogen-bond acceptors (Lipinski definition) is 3. The maximum absolute atomic E-state index is 12.5. The second-order valence-electron chi connectivity index (χ2n) is 8.21. The monoisotopic (exact) mass is 532 g/mol. The Bertz CT molecular complexity index is 1290. The van der Waals surface area contributed by atoms with E-state index in [-0.39, 0.29) is 5.11 Å². The number of carbonyl (C=O) groups excluding carboxylic acids is 1. The van der Waals surface area contributed by atoms with Crippen LogP contribution in [-0.2, 0) is 12.8 Å². The molecule has 0 saturated heterocycles. The van der Waals surface area contributed by atoms with Crippen molar-refractivity contribution in [1.82, 2.24) is 5.32 Å². The number of carbonyl (C=O) groups is 1. The summed E-state index contributed by atoms with van der Waals surface area (Å²) >= 11 is 24.6. The van der Waals surface area contributed by atoms with Gasteiger partial charge >= 0.3 is 0 Å². The molecular weight excluding hydrogens is 511 g/mol. The SMILES string of the molecule is Cc1cc(NC(=S)NC(=O)c2ccccc2Cl)c(C)c(Cl)c1Oc1ccc(Cl)c2c1CCCC2. The van der Waals surface area contributed by atoms with Gasteiger partial charge in [-0.15, -0.1) is 0 Å². The average molecular weight is 534 g/mol. The fraction of sp³-hybridized carbons (Fsp3) is 0.231. The third-order valence-corrected chi connectivity index (χ3v) is 7.23. The topological polar surface area (TPSA) is 50.4 Å². The molecule has 0 spiro atoms. The van der Waals surface area contributed by atoms with Crippen LogP contribution in [0.3, 0.4) is 0 Å². The average Bonchev–Trinajstić information content (AvgIpc) is 2.82. The van der Waals surface area contributed by atoms with Crippen LogP contribution in [0.25, 0.3) is 0 Å². The van der Waals surface area contributed by atoms with Crippen LogP contribution in [0.5, 0.6) is 11.5 Å². The lowest BCUT2D eigenvalue weighted by Crippen LogP contribution is -2.34. The molecular formula is C26H23Cl3N2O2S. The number of hydrogen-bond donors (Lipinski definition) is 2. The van der Waals surface area contributed by atoms with Gasteiger partial charge in [0.15, 0.2) is 5.11 Å². The molecule has 3 aromatic carbocycles. The van der Waals surface area contributed by atoms with E-state index in [0.717, 1.165) is 58.7 Å². The van der Waals surface area contributed by atoms with Crippen LogP contribution in [0, 0.1) is 13.8 Å². The molecule has 8 heteroatoms. The molecule has 0 saturated carbocycles. The second-order valence-corrected chi connectivity index (χ2v) is 9.81. The van der Waals surface area contributed by atoms with Crippen molar-refractivity contribution in [2.24, 2.45) is 0 Å². The quantitative estimate of drug-likeness (QED) is 0.333. The first-order chi connectivity index (χ1) is 16.3. The molecule has 0 fully saturated rings. The van der Waals surface area contributed by atoms with Crippen molar-refractivity contribution < 1.29 is 9.53 Å². The fourth-order valence-corrected chi connectivity index (χ4v) is 5.06. The van der Waals surface area contributed by atoms with E-state index in [0.29, 0.717) is 27.0 Å². The van der Waals surface area contributed by atoms with Gasteiger partial charge < -0.3 is 10.1 Å². The maximum atomic E-state index is 12.5. The Morgan fingerprint density at radius 2 is 1.68 bits per heavy atom. The van der Waals surface area contributed by atoms with Gasteiger partial charge in [-0.25, -0.2) is 0 Å². The molecule has 176 valence electrons. The van der Waals surface area contributed by atoms with Gasteiger partial charge in [-0.1, -0.05) is 46.9 Å². The van der Waals surface area contributed by atoms with Crippen molar-refractivity contribution in [1.29, 1.82) is 0 Å². The van der Waals surface area contributed by atoms with Crippen molar-refractivity contribution in [2.45, 2.75) is 39.5 Å². The summed E-state index contributed by atoms with van der Waals surface area (Å²) in [5.74, 6) is 0.980. The molecule has 1 amide bonds. The highest BCUT2D eigenvalue weighted by molar-refractivity contribution is 7.80. The number of thiocarbonyl (C=S) groups is 1. The minimum Gasteiger partial charge on any atom is -0.455 e. The molecule has 0 aliphatic heterocycles. The van der Waals surface area contributed by atoms with Gasteiger partial charge in [0.05, 0.1) is 15.6 Å². The zero-order chi connectivity index (χ0) is 24.4. The first kappa shape index (κ1) is 24.8. The van der Waals surface area contributed by atoms with Crippen molar-refractivity contribution in [3.05, 3.63) is 85.3 Å². The highest BCUT2D eigenvalue weighted by atomic mass is 35.5. The van der Waals surface area contributed by atoms with Crippen LogP contribution >= 0.6 is 47.0 Å². The van der Waals surface area contributed by atoms with Crippen molar-refractivity contribution in [3.8, 4) is 11.5 Å². The van der Waals surface area contributed by atoms with E-state index in [4.69, 9.17) is 51.8 Å². The molecule has 0 heterocycles. The molecule has 1 aliphatic carbocycles. The lowest BCUT2D eigenvalue weighted by Gasteiger charge is -2.22. The summed E-state index contributed by atoms with van der Waals surface area (Å²) in [5.41, 5.74) is 4.91. The zero-order valence-electron chi connectivity index (χ0n) is 18.7. The standard InChI is InChI=1S/C26H23Cl3N2O2S/c1-14-13-21(30-26(34)31-25(32)18-9-5-6-10-19(18)27)15(2)23(29)24(14)33-22-12-11-20(28)16-7-3-4-8-17(16)22/h5-6,9-13H,3-4,7-8H2,1-2H3,(H2,30,31,32,34). The summed E-state index contributed by atoms with van der Waals surface area (Å²) in [7, 11) is 0. The van der Waals surface area contributed by atoms with Crippen LogP contribution in [-0.4, -0.2) is 11.0 Å². The second kappa shape index (κ2) is 10.5.